The van der Waals surface area contributed by atoms with E-state index in [1.807, 2.05) is 0 Å². The molecule has 0 N–H and O–H groups in total. The minimum Gasteiger partial charge on any atom is -0.375 e. The highest BCUT2D eigenvalue weighted by molar-refractivity contribution is 5.33. The molecule has 0 aromatic heterocycles. The van der Waals surface area contributed by atoms with Crippen LogP contribution in [0.1, 0.15) is 57.8 Å². The number of aliphatic imine (C=N–C) groups is 1. The Labute approximate surface area is 97.3 Å². The van der Waals surface area contributed by atoms with Crippen molar-refractivity contribution in [1.82, 2.24) is 0 Å². The summed E-state index contributed by atoms with van der Waals surface area (Å²) < 4.78 is 6.12. The van der Waals surface area contributed by atoms with E-state index in [0.717, 1.165) is 25.7 Å². The fourth-order valence-corrected chi connectivity index (χ4v) is 2.86. The van der Waals surface area contributed by atoms with Crippen LogP contribution in [0.25, 0.3) is 0 Å². The molecule has 3 nitrogen and oxygen atoms in total. The highest BCUT2D eigenvalue weighted by Crippen LogP contribution is 2.28. The van der Waals surface area contributed by atoms with Gasteiger partial charge in [-0.15, -0.1) is 0 Å². The van der Waals surface area contributed by atoms with Crippen molar-refractivity contribution in [2.24, 2.45) is 4.99 Å². The molecule has 2 aliphatic rings. The molecule has 0 amide bonds. The summed E-state index contributed by atoms with van der Waals surface area (Å²) in [5, 5.41) is 0. The molecule has 0 heterocycles. The lowest BCUT2D eigenvalue weighted by Crippen LogP contribution is -2.29. The number of carbonyl (C=O) groups excluding carboxylic acids is 1. The van der Waals surface area contributed by atoms with Crippen molar-refractivity contribution in [2.75, 3.05) is 0 Å². The van der Waals surface area contributed by atoms with Gasteiger partial charge >= 0.3 is 0 Å². The van der Waals surface area contributed by atoms with E-state index in [0.29, 0.717) is 12.2 Å². The average Bonchev–Trinajstić information content (AvgIpc) is 2.33. The van der Waals surface area contributed by atoms with Crippen molar-refractivity contribution < 1.29 is 9.53 Å². The quantitative estimate of drug-likeness (QED) is 0.545. The van der Waals surface area contributed by atoms with Gasteiger partial charge in [-0.1, -0.05) is 19.3 Å². The van der Waals surface area contributed by atoms with Gasteiger partial charge < -0.3 is 4.74 Å². The van der Waals surface area contributed by atoms with E-state index in [1.165, 1.54) is 32.1 Å². The summed E-state index contributed by atoms with van der Waals surface area (Å²) in [7, 11) is 0. The van der Waals surface area contributed by atoms with Crippen molar-refractivity contribution in [3.63, 3.8) is 0 Å². The molecule has 2 aliphatic carbocycles. The van der Waals surface area contributed by atoms with Gasteiger partial charge in [-0.25, -0.2) is 9.79 Å². The topological polar surface area (TPSA) is 38.7 Å². The molecule has 16 heavy (non-hydrogen) atoms. The van der Waals surface area contributed by atoms with E-state index in [1.54, 1.807) is 6.08 Å². The zero-order valence-corrected chi connectivity index (χ0v) is 9.86. The Kier molecular flexibility index (Phi) is 4.55. The Balaban J connectivity index is 1.70. The van der Waals surface area contributed by atoms with Crippen LogP contribution in [0.4, 0.5) is 0 Å². The van der Waals surface area contributed by atoms with Crippen LogP contribution in [0, 0.1) is 0 Å². The average molecular weight is 223 g/mol. The minimum absolute atomic E-state index is 0.212. The Morgan fingerprint density at radius 1 is 0.875 bits per heavy atom. The number of rotatable bonds is 3. The van der Waals surface area contributed by atoms with Gasteiger partial charge in [0.05, 0.1) is 18.2 Å². The van der Waals surface area contributed by atoms with Crippen LogP contribution in [0.2, 0.25) is 0 Å². The number of hydrogen-bond donors (Lipinski definition) is 0. The molecule has 2 saturated carbocycles. The van der Waals surface area contributed by atoms with Crippen LogP contribution in [-0.4, -0.2) is 24.3 Å². The van der Waals surface area contributed by atoms with E-state index in [9.17, 15) is 4.79 Å². The molecule has 2 fully saturated rings. The first kappa shape index (κ1) is 11.8. The third-order valence-corrected chi connectivity index (χ3v) is 3.82. The molecule has 0 aliphatic heterocycles. The summed E-state index contributed by atoms with van der Waals surface area (Å²) in [4.78, 5) is 14.0. The van der Waals surface area contributed by atoms with Gasteiger partial charge in [-0.05, 0) is 38.5 Å². The van der Waals surface area contributed by atoms with Crippen molar-refractivity contribution in [3.05, 3.63) is 0 Å². The highest BCUT2D eigenvalue weighted by atomic mass is 16.5. The third kappa shape index (κ3) is 3.43. The van der Waals surface area contributed by atoms with Crippen LogP contribution in [-0.2, 0) is 9.53 Å². The van der Waals surface area contributed by atoms with E-state index in [-0.39, 0.29) is 6.04 Å². The predicted molar refractivity (Wildman–Crippen MR) is 62.1 cm³/mol. The van der Waals surface area contributed by atoms with Gasteiger partial charge in [0.2, 0.25) is 6.08 Å². The SMILES string of the molecule is O=C=NC1CCC(OC2CCCCC2)CC1. The molecule has 0 atom stereocenters. The van der Waals surface area contributed by atoms with E-state index in [2.05, 4.69) is 4.99 Å². The van der Waals surface area contributed by atoms with Gasteiger partial charge in [0.25, 0.3) is 0 Å². The van der Waals surface area contributed by atoms with Crippen LogP contribution in [0.15, 0.2) is 4.99 Å². The first-order valence-electron chi connectivity index (χ1n) is 6.61. The maximum Gasteiger partial charge on any atom is 0.235 e. The molecular formula is C13H21NO2. The molecule has 90 valence electrons. The fraction of sp³-hybridized carbons (Fsp3) is 0.923. The van der Waals surface area contributed by atoms with Gasteiger partial charge in [0.1, 0.15) is 0 Å². The summed E-state index contributed by atoms with van der Waals surface area (Å²) in [6.07, 6.45) is 13.2. The number of ether oxygens (including phenoxy) is 1. The van der Waals surface area contributed by atoms with Crippen molar-refractivity contribution >= 4 is 6.08 Å². The largest absolute Gasteiger partial charge is 0.375 e. The van der Waals surface area contributed by atoms with Crippen LogP contribution in [0.3, 0.4) is 0 Å². The lowest BCUT2D eigenvalue weighted by atomic mass is 9.92. The van der Waals surface area contributed by atoms with E-state index >= 15 is 0 Å². The Bertz CT molecular complexity index is 247. The van der Waals surface area contributed by atoms with Crippen molar-refractivity contribution in [1.29, 1.82) is 0 Å². The van der Waals surface area contributed by atoms with E-state index < -0.39 is 0 Å². The molecule has 0 unspecified atom stereocenters. The van der Waals surface area contributed by atoms with Crippen LogP contribution < -0.4 is 0 Å². The Morgan fingerprint density at radius 2 is 1.50 bits per heavy atom. The molecule has 0 saturated heterocycles. The van der Waals surface area contributed by atoms with Gasteiger partial charge in [0.15, 0.2) is 0 Å². The molecule has 0 bridgehead atoms. The maximum absolute atomic E-state index is 10.1. The summed E-state index contributed by atoms with van der Waals surface area (Å²) in [5.74, 6) is 0. The van der Waals surface area contributed by atoms with Crippen molar-refractivity contribution in [3.8, 4) is 0 Å². The minimum atomic E-state index is 0.212. The second-order valence-electron chi connectivity index (χ2n) is 5.05. The molecule has 0 aromatic rings. The smallest absolute Gasteiger partial charge is 0.235 e. The second kappa shape index (κ2) is 6.17. The normalized spacial score (nSPS) is 32.0. The highest BCUT2D eigenvalue weighted by Gasteiger charge is 2.24. The second-order valence-corrected chi connectivity index (χ2v) is 5.05. The molecule has 0 radical (unpaired) electrons. The summed E-state index contributed by atoms with van der Waals surface area (Å²) in [5.41, 5.74) is 0. The summed E-state index contributed by atoms with van der Waals surface area (Å²) in [6.45, 7) is 0. The predicted octanol–water partition coefficient (Wildman–Crippen LogP) is 2.98. The molecule has 0 aromatic carbocycles. The molecule has 0 spiro atoms. The number of isocyanates is 1. The number of hydrogen-bond acceptors (Lipinski definition) is 3. The maximum atomic E-state index is 10.1. The first-order valence-corrected chi connectivity index (χ1v) is 6.61. The molecular weight excluding hydrogens is 202 g/mol. The lowest BCUT2D eigenvalue weighted by molar-refractivity contribution is -0.0467. The zero-order valence-electron chi connectivity index (χ0n) is 9.86. The van der Waals surface area contributed by atoms with Crippen LogP contribution in [0.5, 0.6) is 0 Å². The molecule has 2 rings (SSSR count). The van der Waals surface area contributed by atoms with Crippen LogP contribution >= 0.6 is 0 Å². The van der Waals surface area contributed by atoms with Gasteiger partial charge in [-0.3, -0.25) is 0 Å². The standard InChI is InChI=1S/C13H21NO2/c15-10-14-11-6-8-13(9-7-11)16-12-4-2-1-3-5-12/h11-13H,1-9H2. The van der Waals surface area contributed by atoms with Crippen molar-refractivity contribution in [2.45, 2.75) is 76.0 Å². The Hall–Kier alpha value is -0.660. The summed E-state index contributed by atoms with van der Waals surface area (Å²) >= 11 is 0. The monoisotopic (exact) mass is 223 g/mol. The Morgan fingerprint density at radius 3 is 2.12 bits per heavy atom. The van der Waals surface area contributed by atoms with Gasteiger partial charge in [0, 0.05) is 0 Å². The number of nitrogens with zero attached hydrogens (tertiary/aromatic N) is 1. The molecule has 3 heteroatoms. The van der Waals surface area contributed by atoms with E-state index in [4.69, 9.17) is 4.74 Å². The zero-order chi connectivity index (χ0) is 11.2. The lowest BCUT2D eigenvalue weighted by Gasteiger charge is -2.31. The van der Waals surface area contributed by atoms with Gasteiger partial charge in [-0.2, -0.15) is 0 Å². The fourth-order valence-electron chi connectivity index (χ4n) is 2.86. The summed E-state index contributed by atoms with van der Waals surface area (Å²) in [6, 6.07) is 0.212. The third-order valence-electron chi connectivity index (χ3n) is 3.82. The first-order chi connectivity index (χ1) is 7.88.